The van der Waals surface area contributed by atoms with E-state index in [1.54, 1.807) is 29.2 Å². The van der Waals surface area contributed by atoms with Crippen LogP contribution in [-0.4, -0.2) is 34.7 Å². The predicted molar refractivity (Wildman–Crippen MR) is 93.7 cm³/mol. The summed E-state index contributed by atoms with van der Waals surface area (Å²) in [4.78, 5) is 38.0. The van der Waals surface area contributed by atoms with E-state index < -0.39 is 6.04 Å². The maximum absolute atomic E-state index is 12.9. The number of carbonyl (C=O) groups excluding carboxylic acids is 3. The monoisotopic (exact) mass is 350 g/mol. The third-order valence-electron chi connectivity index (χ3n) is 4.53. The Kier molecular flexibility index (Phi) is 4.16. The summed E-state index contributed by atoms with van der Waals surface area (Å²) in [5.41, 5.74) is 0.476. The molecule has 26 heavy (non-hydrogen) atoms. The van der Waals surface area contributed by atoms with Crippen molar-refractivity contribution in [2.24, 2.45) is 0 Å². The fourth-order valence-corrected chi connectivity index (χ4v) is 3.12. The first-order chi connectivity index (χ1) is 12.6. The maximum atomic E-state index is 12.9. The average Bonchev–Trinajstić information content (AvgIpc) is 3.41. The lowest BCUT2D eigenvalue weighted by atomic mass is 10.1. The van der Waals surface area contributed by atoms with Crippen LogP contribution in [0.3, 0.4) is 0 Å². The summed E-state index contributed by atoms with van der Waals surface area (Å²) in [7, 11) is 0. The molecule has 132 valence electrons. The highest BCUT2D eigenvalue weighted by atomic mass is 16.5. The molecular formula is C20H18N2O4. The SMILES string of the molecule is O=C1C[C@@H](N(C(=O)c2ccc(Oc3ccccc3)cc2)C2CC2)C(=O)N1. The molecular weight excluding hydrogens is 332 g/mol. The lowest BCUT2D eigenvalue weighted by Crippen LogP contribution is -2.45. The van der Waals surface area contributed by atoms with E-state index in [4.69, 9.17) is 4.74 Å². The van der Waals surface area contributed by atoms with Crippen LogP contribution in [0.4, 0.5) is 0 Å². The highest BCUT2D eigenvalue weighted by Gasteiger charge is 2.44. The largest absolute Gasteiger partial charge is 0.457 e. The molecule has 6 nitrogen and oxygen atoms in total. The topological polar surface area (TPSA) is 75.7 Å². The molecule has 1 saturated carbocycles. The van der Waals surface area contributed by atoms with Gasteiger partial charge in [0.05, 0.1) is 6.42 Å². The van der Waals surface area contributed by atoms with Gasteiger partial charge in [0.2, 0.25) is 11.8 Å². The summed E-state index contributed by atoms with van der Waals surface area (Å²) < 4.78 is 5.73. The molecule has 1 saturated heterocycles. The highest BCUT2D eigenvalue weighted by molar-refractivity contribution is 6.08. The van der Waals surface area contributed by atoms with Gasteiger partial charge >= 0.3 is 0 Å². The van der Waals surface area contributed by atoms with Crippen molar-refractivity contribution >= 4 is 17.7 Å². The van der Waals surface area contributed by atoms with Gasteiger partial charge in [0.1, 0.15) is 17.5 Å². The molecule has 6 heteroatoms. The minimum atomic E-state index is -0.706. The van der Waals surface area contributed by atoms with Crippen LogP contribution in [0.25, 0.3) is 0 Å². The summed E-state index contributed by atoms with van der Waals surface area (Å²) in [5.74, 6) is 0.393. The number of rotatable bonds is 5. The van der Waals surface area contributed by atoms with Crippen LogP contribution >= 0.6 is 0 Å². The predicted octanol–water partition coefficient (Wildman–Crippen LogP) is 2.50. The Morgan fingerprint density at radius 2 is 1.62 bits per heavy atom. The van der Waals surface area contributed by atoms with Gasteiger partial charge in [-0.15, -0.1) is 0 Å². The van der Waals surface area contributed by atoms with Crippen molar-refractivity contribution in [3.05, 3.63) is 60.2 Å². The zero-order valence-electron chi connectivity index (χ0n) is 14.1. The minimum absolute atomic E-state index is 0.0318. The summed E-state index contributed by atoms with van der Waals surface area (Å²) in [5, 5.41) is 2.28. The van der Waals surface area contributed by atoms with Crippen LogP contribution in [0.15, 0.2) is 54.6 Å². The molecule has 1 atom stereocenters. The number of amides is 3. The standard InChI is InChI=1S/C20H18N2O4/c23-18-12-17(19(24)21-18)22(14-8-9-14)20(25)13-6-10-16(11-7-13)26-15-4-2-1-3-5-15/h1-7,10-11,14,17H,8-9,12H2,(H,21,23,24)/t17-/m1/s1. The average molecular weight is 350 g/mol. The normalized spacial score (nSPS) is 19.2. The summed E-state index contributed by atoms with van der Waals surface area (Å²) in [6.45, 7) is 0. The molecule has 0 aromatic heterocycles. The van der Waals surface area contributed by atoms with Crippen molar-refractivity contribution in [3.8, 4) is 11.5 Å². The fraction of sp³-hybridized carbons (Fsp3) is 0.250. The Bertz CT molecular complexity index is 844. The zero-order chi connectivity index (χ0) is 18.1. The molecule has 1 heterocycles. The molecule has 0 radical (unpaired) electrons. The molecule has 2 aromatic carbocycles. The molecule has 0 spiro atoms. The number of nitrogens with one attached hydrogen (secondary N) is 1. The quantitative estimate of drug-likeness (QED) is 0.841. The Morgan fingerprint density at radius 1 is 0.962 bits per heavy atom. The van der Waals surface area contributed by atoms with Crippen molar-refractivity contribution < 1.29 is 19.1 Å². The Labute approximate surface area is 150 Å². The van der Waals surface area contributed by atoms with Crippen LogP contribution in [0.5, 0.6) is 11.5 Å². The van der Waals surface area contributed by atoms with Crippen LogP contribution in [0, 0.1) is 0 Å². The lowest BCUT2D eigenvalue weighted by molar-refractivity contribution is -0.126. The van der Waals surface area contributed by atoms with Gasteiger partial charge in [-0.05, 0) is 49.2 Å². The number of benzene rings is 2. The number of ether oxygens (including phenoxy) is 1. The first kappa shape index (κ1) is 16.3. The first-order valence-corrected chi connectivity index (χ1v) is 8.61. The fourth-order valence-electron chi connectivity index (χ4n) is 3.12. The molecule has 0 bridgehead atoms. The number of para-hydroxylation sites is 1. The van der Waals surface area contributed by atoms with Gasteiger partial charge in [0.15, 0.2) is 0 Å². The summed E-state index contributed by atoms with van der Waals surface area (Å²) in [6.07, 6.45) is 1.76. The Hall–Kier alpha value is -3.15. The molecule has 1 N–H and O–H groups in total. The molecule has 2 fully saturated rings. The van der Waals surface area contributed by atoms with E-state index in [0.29, 0.717) is 17.1 Å². The number of nitrogens with zero attached hydrogens (tertiary/aromatic N) is 1. The van der Waals surface area contributed by atoms with Gasteiger partial charge in [-0.3, -0.25) is 19.7 Å². The van der Waals surface area contributed by atoms with E-state index in [-0.39, 0.29) is 30.2 Å². The van der Waals surface area contributed by atoms with Crippen molar-refractivity contribution in [1.29, 1.82) is 0 Å². The van der Waals surface area contributed by atoms with Crippen LogP contribution in [0.1, 0.15) is 29.6 Å². The summed E-state index contributed by atoms with van der Waals surface area (Å²) in [6, 6.07) is 15.5. The van der Waals surface area contributed by atoms with E-state index in [9.17, 15) is 14.4 Å². The van der Waals surface area contributed by atoms with E-state index in [0.717, 1.165) is 12.8 Å². The molecule has 3 amide bonds. The highest BCUT2D eigenvalue weighted by Crippen LogP contribution is 2.32. The molecule has 2 aliphatic rings. The summed E-state index contributed by atoms with van der Waals surface area (Å²) >= 11 is 0. The molecule has 4 rings (SSSR count). The smallest absolute Gasteiger partial charge is 0.254 e. The molecule has 0 unspecified atom stereocenters. The van der Waals surface area contributed by atoms with E-state index in [2.05, 4.69) is 5.32 Å². The van der Waals surface area contributed by atoms with E-state index in [1.807, 2.05) is 30.3 Å². The number of hydrogen-bond acceptors (Lipinski definition) is 4. The maximum Gasteiger partial charge on any atom is 0.254 e. The Balaban J connectivity index is 1.51. The minimum Gasteiger partial charge on any atom is -0.457 e. The van der Waals surface area contributed by atoms with Crippen LogP contribution in [0.2, 0.25) is 0 Å². The number of carbonyl (C=O) groups is 3. The van der Waals surface area contributed by atoms with Crippen LogP contribution < -0.4 is 10.1 Å². The third-order valence-corrected chi connectivity index (χ3v) is 4.53. The van der Waals surface area contributed by atoms with Gasteiger partial charge in [0, 0.05) is 11.6 Å². The zero-order valence-corrected chi connectivity index (χ0v) is 14.1. The van der Waals surface area contributed by atoms with Gasteiger partial charge < -0.3 is 9.64 Å². The lowest BCUT2D eigenvalue weighted by Gasteiger charge is -2.26. The van der Waals surface area contributed by atoms with Gasteiger partial charge in [0.25, 0.3) is 5.91 Å². The molecule has 1 aliphatic carbocycles. The second-order valence-corrected chi connectivity index (χ2v) is 6.52. The van der Waals surface area contributed by atoms with Crippen molar-refractivity contribution in [2.75, 3.05) is 0 Å². The van der Waals surface area contributed by atoms with Gasteiger partial charge in [-0.25, -0.2) is 0 Å². The number of hydrogen-bond donors (Lipinski definition) is 1. The molecule has 2 aromatic rings. The van der Waals surface area contributed by atoms with Gasteiger partial charge in [-0.1, -0.05) is 18.2 Å². The van der Waals surface area contributed by atoms with E-state index in [1.165, 1.54) is 0 Å². The molecule has 1 aliphatic heterocycles. The third kappa shape index (κ3) is 3.31. The van der Waals surface area contributed by atoms with Crippen molar-refractivity contribution in [3.63, 3.8) is 0 Å². The van der Waals surface area contributed by atoms with Gasteiger partial charge in [-0.2, -0.15) is 0 Å². The first-order valence-electron chi connectivity index (χ1n) is 8.61. The van der Waals surface area contributed by atoms with Crippen molar-refractivity contribution in [1.82, 2.24) is 10.2 Å². The van der Waals surface area contributed by atoms with Crippen molar-refractivity contribution in [2.45, 2.75) is 31.3 Å². The van der Waals surface area contributed by atoms with E-state index >= 15 is 0 Å². The second-order valence-electron chi connectivity index (χ2n) is 6.52. The van der Waals surface area contributed by atoms with Crippen LogP contribution in [-0.2, 0) is 9.59 Å². The number of imide groups is 1. The second kappa shape index (κ2) is 6.63. The Morgan fingerprint density at radius 3 is 2.19 bits per heavy atom.